The number of nitrogens with one attached hydrogen (secondary N) is 2. The van der Waals surface area contributed by atoms with Crippen molar-refractivity contribution in [1.29, 1.82) is 0 Å². The molecule has 0 saturated heterocycles. The number of halogens is 2. The molecule has 4 rings (SSSR count). The normalized spacial score (nSPS) is 10.4. The summed E-state index contributed by atoms with van der Waals surface area (Å²) in [5.74, 6) is 0.932. The highest BCUT2D eigenvalue weighted by Crippen LogP contribution is 2.29. The Bertz CT molecular complexity index is 1020. The van der Waals surface area contributed by atoms with Gasteiger partial charge in [-0.25, -0.2) is 9.97 Å². The third kappa shape index (κ3) is 3.60. The fraction of sp³-hybridized carbons (Fsp3) is 0. The van der Waals surface area contributed by atoms with Crippen LogP contribution in [0.15, 0.2) is 60.9 Å². The topological polar surface area (TPSA) is 73.8 Å². The largest absolute Gasteiger partial charge is 0.508 e. The fourth-order valence-electron chi connectivity index (χ4n) is 2.54. The van der Waals surface area contributed by atoms with Crippen molar-refractivity contribution < 1.29 is 5.11 Å². The quantitative estimate of drug-likeness (QED) is 0.422. The number of H-pyrrole nitrogens is 1. The molecule has 0 spiro atoms. The minimum absolute atomic E-state index is 0. The smallest absolute Gasteiger partial charge is 0.143 e. The number of rotatable bonds is 3. The number of aromatic amines is 1. The van der Waals surface area contributed by atoms with Crippen molar-refractivity contribution >= 4 is 51.1 Å². The molecule has 0 atom stereocenters. The van der Waals surface area contributed by atoms with Crippen molar-refractivity contribution in [1.82, 2.24) is 15.0 Å². The first-order valence-corrected chi connectivity index (χ1v) is 7.72. The van der Waals surface area contributed by atoms with Crippen LogP contribution in [0.3, 0.4) is 0 Å². The first-order valence-electron chi connectivity index (χ1n) is 7.35. The fourth-order valence-corrected chi connectivity index (χ4v) is 2.73. The van der Waals surface area contributed by atoms with Gasteiger partial charge in [0.15, 0.2) is 0 Å². The van der Waals surface area contributed by atoms with E-state index in [1.807, 2.05) is 42.5 Å². The van der Waals surface area contributed by atoms with Crippen LogP contribution in [-0.4, -0.2) is 20.1 Å². The van der Waals surface area contributed by atoms with Crippen LogP contribution in [0.2, 0.25) is 5.02 Å². The summed E-state index contributed by atoms with van der Waals surface area (Å²) in [6.07, 6.45) is 1.51. The van der Waals surface area contributed by atoms with E-state index < -0.39 is 0 Å². The van der Waals surface area contributed by atoms with Gasteiger partial charge < -0.3 is 15.4 Å². The van der Waals surface area contributed by atoms with Crippen LogP contribution >= 0.6 is 28.6 Å². The van der Waals surface area contributed by atoms with E-state index in [2.05, 4.69) is 20.3 Å². The molecule has 2 aromatic heterocycles. The van der Waals surface area contributed by atoms with Gasteiger partial charge in [-0.15, -0.1) is 17.0 Å². The predicted molar refractivity (Wildman–Crippen MR) is 106 cm³/mol. The van der Waals surface area contributed by atoms with Gasteiger partial charge in [-0.2, -0.15) is 0 Å². The Hall–Kier alpha value is -2.57. The van der Waals surface area contributed by atoms with Gasteiger partial charge in [0.1, 0.15) is 23.5 Å². The van der Waals surface area contributed by atoms with E-state index >= 15 is 0 Å². The summed E-state index contributed by atoms with van der Waals surface area (Å²) in [6.45, 7) is 0. The molecule has 0 bridgehead atoms. The maximum atomic E-state index is 9.42. The molecule has 2 heterocycles. The van der Waals surface area contributed by atoms with E-state index in [9.17, 15) is 5.11 Å². The number of aromatic nitrogens is 3. The van der Waals surface area contributed by atoms with E-state index in [0.29, 0.717) is 10.8 Å². The third-order valence-electron chi connectivity index (χ3n) is 3.69. The molecule has 0 unspecified atom stereocenters. The summed E-state index contributed by atoms with van der Waals surface area (Å²) >= 11 is 6.03. The number of phenols is 1. The zero-order valence-electron chi connectivity index (χ0n) is 12.9. The van der Waals surface area contributed by atoms with Gasteiger partial charge in [0.2, 0.25) is 0 Å². The minimum Gasteiger partial charge on any atom is -0.508 e. The number of benzene rings is 2. The van der Waals surface area contributed by atoms with Crippen LogP contribution in [0, 0.1) is 0 Å². The third-order valence-corrected chi connectivity index (χ3v) is 3.93. The van der Waals surface area contributed by atoms with Crippen LogP contribution in [0.5, 0.6) is 5.75 Å². The number of hydrogen-bond acceptors (Lipinski definition) is 4. The summed E-state index contributed by atoms with van der Waals surface area (Å²) in [6, 6.07) is 16.4. The average molecular weight is 418 g/mol. The summed E-state index contributed by atoms with van der Waals surface area (Å²) in [5, 5.41) is 14.2. The summed E-state index contributed by atoms with van der Waals surface area (Å²) < 4.78 is 0. The minimum atomic E-state index is 0. The summed E-state index contributed by atoms with van der Waals surface area (Å²) in [7, 11) is 0. The Balaban J connectivity index is 0.00000182. The highest BCUT2D eigenvalue weighted by Gasteiger charge is 2.10. The number of hydrogen-bond donors (Lipinski definition) is 3. The number of phenolic OH excluding ortho intramolecular Hbond substituents is 1. The van der Waals surface area contributed by atoms with Crippen molar-refractivity contribution in [2.24, 2.45) is 0 Å². The monoisotopic (exact) mass is 416 g/mol. The summed E-state index contributed by atoms with van der Waals surface area (Å²) in [5.41, 5.74) is 3.45. The maximum Gasteiger partial charge on any atom is 0.143 e. The first-order chi connectivity index (χ1) is 11.7. The Morgan fingerprint density at radius 1 is 1.00 bits per heavy atom. The molecule has 0 amide bonds. The Morgan fingerprint density at radius 2 is 1.80 bits per heavy atom. The molecule has 0 saturated carbocycles. The van der Waals surface area contributed by atoms with Crippen LogP contribution in [-0.2, 0) is 0 Å². The molecule has 4 aromatic rings. The molecule has 2 aromatic carbocycles. The van der Waals surface area contributed by atoms with Crippen molar-refractivity contribution in [3.05, 3.63) is 65.9 Å². The maximum absolute atomic E-state index is 9.42. The van der Waals surface area contributed by atoms with E-state index in [-0.39, 0.29) is 22.7 Å². The molecule has 0 aliphatic carbocycles. The van der Waals surface area contributed by atoms with Crippen LogP contribution in [0.4, 0.5) is 11.5 Å². The first kappa shape index (κ1) is 17.3. The van der Waals surface area contributed by atoms with Crippen LogP contribution in [0.25, 0.3) is 22.3 Å². The lowest BCUT2D eigenvalue weighted by atomic mass is 10.1. The highest BCUT2D eigenvalue weighted by molar-refractivity contribution is 8.93. The van der Waals surface area contributed by atoms with Gasteiger partial charge in [-0.05, 0) is 54.1 Å². The van der Waals surface area contributed by atoms with Gasteiger partial charge in [-0.3, -0.25) is 0 Å². The van der Waals surface area contributed by atoms with Crippen molar-refractivity contribution in [2.45, 2.75) is 0 Å². The number of aromatic hydroxyl groups is 1. The molecule has 0 aliphatic heterocycles. The zero-order chi connectivity index (χ0) is 16.5. The molecular weight excluding hydrogens is 404 g/mol. The number of nitrogens with zero attached hydrogens (tertiary/aromatic N) is 2. The lowest BCUT2D eigenvalue weighted by molar-refractivity contribution is 0.475. The average Bonchev–Trinajstić information content (AvgIpc) is 3.01. The molecule has 0 radical (unpaired) electrons. The van der Waals surface area contributed by atoms with Crippen LogP contribution in [0.1, 0.15) is 0 Å². The summed E-state index contributed by atoms with van der Waals surface area (Å²) in [4.78, 5) is 11.9. The molecule has 7 heteroatoms. The molecule has 3 N–H and O–H groups in total. The standard InChI is InChI=1S/C18H13ClN4O.BrH/c19-12-2-1-3-13(8-12)22-17-15-9-16(23-18(15)21-10-20-17)11-4-6-14(24)7-5-11;/h1-10,24H,(H2,20,21,22,23);1H. The SMILES string of the molecule is Br.Oc1ccc(-c2cc3c(Nc4cccc(Cl)c4)ncnc3[nH]2)cc1. The van der Waals surface area contributed by atoms with Gasteiger partial charge in [0.05, 0.1) is 5.39 Å². The van der Waals surface area contributed by atoms with E-state index in [1.165, 1.54) is 6.33 Å². The molecule has 126 valence electrons. The van der Waals surface area contributed by atoms with E-state index in [4.69, 9.17) is 11.6 Å². The lowest BCUT2D eigenvalue weighted by Gasteiger charge is -2.06. The van der Waals surface area contributed by atoms with Gasteiger partial charge in [0.25, 0.3) is 0 Å². The lowest BCUT2D eigenvalue weighted by Crippen LogP contribution is -1.94. The van der Waals surface area contributed by atoms with Crippen molar-refractivity contribution in [2.75, 3.05) is 5.32 Å². The van der Waals surface area contributed by atoms with Crippen LogP contribution < -0.4 is 5.32 Å². The molecular formula is C18H14BrClN4O. The van der Waals surface area contributed by atoms with Gasteiger partial charge in [0, 0.05) is 16.4 Å². The second-order valence-electron chi connectivity index (χ2n) is 5.35. The second kappa shape index (κ2) is 7.13. The molecule has 0 fully saturated rings. The van der Waals surface area contributed by atoms with E-state index in [1.54, 1.807) is 12.1 Å². The zero-order valence-corrected chi connectivity index (χ0v) is 15.4. The Morgan fingerprint density at radius 3 is 2.56 bits per heavy atom. The Kier molecular flexibility index (Phi) is 4.92. The van der Waals surface area contributed by atoms with E-state index in [0.717, 1.165) is 28.0 Å². The highest BCUT2D eigenvalue weighted by atomic mass is 79.9. The predicted octanol–water partition coefficient (Wildman–Crippen LogP) is 5.31. The molecule has 5 nitrogen and oxygen atoms in total. The van der Waals surface area contributed by atoms with Crippen molar-refractivity contribution in [3.8, 4) is 17.0 Å². The number of anilines is 2. The van der Waals surface area contributed by atoms with Crippen molar-refractivity contribution in [3.63, 3.8) is 0 Å². The van der Waals surface area contributed by atoms with Gasteiger partial charge in [-0.1, -0.05) is 17.7 Å². The Labute approximate surface area is 159 Å². The number of fused-ring (bicyclic) bond motifs is 1. The van der Waals surface area contributed by atoms with Gasteiger partial charge >= 0.3 is 0 Å². The molecule has 0 aliphatic rings. The second-order valence-corrected chi connectivity index (χ2v) is 5.79. The molecule has 25 heavy (non-hydrogen) atoms.